The lowest BCUT2D eigenvalue weighted by molar-refractivity contribution is -0.121. The van der Waals surface area contributed by atoms with Gasteiger partial charge < -0.3 is 10.2 Å². The lowest BCUT2D eigenvalue weighted by Gasteiger charge is -2.27. The first-order valence-electron chi connectivity index (χ1n) is 10.7. The van der Waals surface area contributed by atoms with E-state index in [2.05, 4.69) is 36.0 Å². The highest BCUT2D eigenvalue weighted by molar-refractivity contribution is 5.92. The smallest absolute Gasteiger partial charge is 0.227 e. The number of anilines is 2. The Bertz CT molecular complexity index is 515. The summed E-state index contributed by atoms with van der Waals surface area (Å²) >= 11 is 0. The molecular weight excluding hydrogens is 322 g/mol. The largest absolute Gasteiger partial charge is 0.357 e. The fourth-order valence-electron chi connectivity index (χ4n) is 3.98. The second-order valence-electron chi connectivity index (χ2n) is 7.74. The van der Waals surface area contributed by atoms with E-state index >= 15 is 0 Å². The molecule has 1 aliphatic rings. The van der Waals surface area contributed by atoms with Crippen molar-refractivity contribution in [3.05, 3.63) is 18.3 Å². The van der Waals surface area contributed by atoms with E-state index in [1.165, 1.54) is 32.1 Å². The van der Waals surface area contributed by atoms with E-state index in [-0.39, 0.29) is 11.8 Å². The molecule has 1 aromatic rings. The standard InChI is InChI=1S/C22H37N3O/c1-4-7-8-18-9-11-19(12-10-18)22(26)24-20-13-14-21(23-17-20)25(15-5-2)16-6-3/h13-14,17-19H,4-12,15-16H2,1-3H3,(H,24,26). The molecule has 0 atom stereocenters. The Morgan fingerprint density at radius 3 is 2.31 bits per heavy atom. The van der Waals surface area contributed by atoms with Crippen molar-refractivity contribution in [2.24, 2.45) is 11.8 Å². The summed E-state index contributed by atoms with van der Waals surface area (Å²) in [6.45, 7) is 8.67. The maximum Gasteiger partial charge on any atom is 0.227 e. The third-order valence-corrected chi connectivity index (χ3v) is 5.51. The average Bonchev–Trinajstić information content (AvgIpc) is 2.67. The summed E-state index contributed by atoms with van der Waals surface area (Å²) in [6, 6.07) is 4.02. The van der Waals surface area contributed by atoms with E-state index in [4.69, 9.17) is 0 Å². The van der Waals surface area contributed by atoms with Crippen LogP contribution in [0.3, 0.4) is 0 Å². The molecule has 1 saturated carbocycles. The molecule has 1 aliphatic carbocycles. The molecule has 0 bridgehead atoms. The highest BCUT2D eigenvalue weighted by Crippen LogP contribution is 2.32. The molecule has 0 aliphatic heterocycles. The normalized spacial score (nSPS) is 20.0. The van der Waals surface area contributed by atoms with Gasteiger partial charge in [0.25, 0.3) is 0 Å². The van der Waals surface area contributed by atoms with Gasteiger partial charge in [0.2, 0.25) is 5.91 Å². The van der Waals surface area contributed by atoms with Crippen LogP contribution in [0.4, 0.5) is 11.5 Å². The molecule has 0 unspecified atom stereocenters. The Kier molecular flexibility index (Phi) is 8.93. The summed E-state index contributed by atoms with van der Waals surface area (Å²) in [5, 5.41) is 3.08. The molecule has 4 nitrogen and oxygen atoms in total. The second-order valence-corrected chi connectivity index (χ2v) is 7.74. The van der Waals surface area contributed by atoms with Crippen LogP contribution in [0.5, 0.6) is 0 Å². The molecule has 1 amide bonds. The summed E-state index contributed by atoms with van der Waals surface area (Å²) in [5.74, 6) is 2.18. The van der Waals surface area contributed by atoms with Gasteiger partial charge in [0.1, 0.15) is 5.82 Å². The van der Waals surface area contributed by atoms with E-state index in [1.54, 1.807) is 6.20 Å². The molecule has 0 aromatic carbocycles. The van der Waals surface area contributed by atoms with Crippen molar-refractivity contribution in [3.8, 4) is 0 Å². The molecule has 1 aromatic heterocycles. The molecule has 0 saturated heterocycles. The molecule has 1 fully saturated rings. The molecule has 4 heteroatoms. The third kappa shape index (κ3) is 6.30. The van der Waals surface area contributed by atoms with Crippen molar-refractivity contribution >= 4 is 17.4 Å². The SMILES string of the molecule is CCCCC1CCC(C(=O)Nc2ccc(N(CCC)CCC)nc2)CC1. The summed E-state index contributed by atoms with van der Waals surface area (Å²) in [7, 11) is 0. The number of aromatic nitrogens is 1. The van der Waals surface area contributed by atoms with Crippen molar-refractivity contribution in [1.29, 1.82) is 0 Å². The first-order valence-corrected chi connectivity index (χ1v) is 10.7. The second kappa shape index (κ2) is 11.2. The van der Waals surface area contributed by atoms with Gasteiger partial charge in [-0.3, -0.25) is 4.79 Å². The lowest BCUT2D eigenvalue weighted by Crippen LogP contribution is -2.28. The first-order chi connectivity index (χ1) is 12.7. The third-order valence-electron chi connectivity index (χ3n) is 5.51. The Balaban J connectivity index is 1.84. The van der Waals surface area contributed by atoms with Crippen LogP contribution < -0.4 is 10.2 Å². The number of pyridine rings is 1. The maximum absolute atomic E-state index is 12.6. The van der Waals surface area contributed by atoms with Crippen LogP contribution in [0.2, 0.25) is 0 Å². The zero-order valence-corrected chi connectivity index (χ0v) is 17.0. The number of carbonyl (C=O) groups is 1. The predicted molar refractivity (Wildman–Crippen MR) is 111 cm³/mol. The minimum Gasteiger partial charge on any atom is -0.357 e. The highest BCUT2D eigenvalue weighted by Gasteiger charge is 2.26. The Hall–Kier alpha value is -1.58. The number of nitrogens with one attached hydrogen (secondary N) is 1. The zero-order valence-electron chi connectivity index (χ0n) is 17.0. The van der Waals surface area contributed by atoms with E-state index in [1.807, 2.05) is 12.1 Å². The van der Waals surface area contributed by atoms with Gasteiger partial charge in [-0.1, -0.05) is 40.0 Å². The average molecular weight is 360 g/mol. The topological polar surface area (TPSA) is 45.2 Å². The Morgan fingerprint density at radius 2 is 1.77 bits per heavy atom. The monoisotopic (exact) mass is 359 g/mol. The van der Waals surface area contributed by atoms with Gasteiger partial charge in [-0.15, -0.1) is 0 Å². The highest BCUT2D eigenvalue weighted by atomic mass is 16.1. The van der Waals surface area contributed by atoms with Crippen molar-refractivity contribution in [2.75, 3.05) is 23.3 Å². The van der Waals surface area contributed by atoms with Crippen molar-refractivity contribution in [3.63, 3.8) is 0 Å². The number of unbranched alkanes of at least 4 members (excludes halogenated alkanes) is 1. The van der Waals surface area contributed by atoms with Gasteiger partial charge in [-0.05, 0) is 56.6 Å². The zero-order chi connectivity index (χ0) is 18.8. The minimum absolute atomic E-state index is 0.171. The van der Waals surface area contributed by atoms with Crippen LogP contribution >= 0.6 is 0 Å². The summed E-state index contributed by atoms with van der Waals surface area (Å²) < 4.78 is 0. The van der Waals surface area contributed by atoms with Crippen molar-refractivity contribution in [1.82, 2.24) is 4.98 Å². The fraction of sp³-hybridized carbons (Fsp3) is 0.727. The number of hydrogen-bond donors (Lipinski definition) is 1. The number of hydrogen-bond acceptors (Lipinski definition) is 3. The minimum atomic E-state index is 0.171. The Labute approximate surface area is 159 Å². The van der Waals surface area contributed by atoms with Gasteiger partial charge in [0, 0.05) is 19.0 Å². The number of amides is 1. The molecule has 1 heterocycles. The van der Waals surface area contributed by atoms with Crippen molar-refractivity contribution < 1.29 is 4.79 Å². The van der Waals surface area contributed by atoms with Gasteiger partial charge >= 0.3 is 0 Å². The number of nitrogens with zero attached hydrogens (tertiary/aromatic N) is 2. The molecule has 2 rings (SSSR count). The first kappa shape index (κ1) is 20.7. The summed E-state index contributed by atoms with van der Waals surface area (Å²) in [5.41, 5.74) is 0.819. The Morgan fingerprint density at radius 1 is 1.08 bits per heavy atom. The number of rotatable bonds is 10. The van der Waals surface area contributed by atoms with Crippen LogP contribution in [-0.4, -0.2) is 24.0 Å². The lowest BCUT2D eigenvalue weighted by atomic mass is 9.79. The molecule has 26 heavy (non-hydrogen) atoms. The molecule has 146 valence electrons. The molecular formula is C22H37N3O. The quantitative estimate of drug-likeness (QED) is 0.587. The maximum atomic E-state index is 12.6. The predicted octanol–water partition coefficient (Wildman–Crippen LogP) is 5.64. The van der Waals surface area contributed by atoms with Crippen LogP contribution in [0.15, 0.2) is 18.3 Å². The van der Waals surface area contributed by atoms with E-state index in [9.17, 15) is 4.79 Å². The van der Waals surface area contributed by atoms with Crippen LogP contribution in [0, 0.1) is 11.8 Å². The fourth-order valence-corrected chi connectivity index (χ4v) is 3.98. The number of carbonyl (C=O) groups excluding carboxylic acids is 1. The van der Waals surface area contributed by atoms with E-state index in [0.29, 0.717) is 0 Å². The van der Waals surface area contributed by atoms with Gasteiger partial charge in [0.15, 0.2) is 0 Å². The molecule has 0 spiro atoms. The summed E-state index contributed by atoms with van der Waals surface area (Å²) in [4.78, 5) is 19.4. The van der Waals surface area contributed by atoms with Crippen LogP contribution in [-0.2, 0) is 4.79 Å². The van der Waals surface area contributed by atoms with E-state index in [0.717, 1.165) is 56.2 Å². The molecule has 0 radical (unpaired) electrons. The van der Waals surface area contributed by atoms with Crippen LogP contribution in [0.25, 0.3) is 0 Å². The van der Waals surface area contributed by atoms with E-state index < -0.39 is 0 Å². The van der Waals surface area contributed by atoms with Gasteiger partial charge in [0.05, 0.1) is 11.9 Å². The van der Waals surface area contributed by atoms with Crippen molar-refractivity contribution in [2.45, 2.75) is 78.6 Å². The van der Waals surface area contributed by atoms with Gasteiger partial charge in [-0.25, -0.2) is 4.98 Å². The van der Waals surface area contributed by atoms with Crippen LogP contribution in [0.1, 0.15) is 78.6 Å². The summed E-state index contributed by atoms with van der Waals surface area (Å²) in [6.07, 6.45) is 12.4. The molecule has 1 N–H and O–H groups in total. The van der Waals surface area contributed by atoms with Gasteiger partial charge in [-0.2, -0.15) is 0 Å².